The number of ether oxygens (including phenoxy) is 1. The van der Waals surface area contributed by atoms with Gasteiger partial charge in [-0.05, 0) is 18.1 Å². The molecule has 1 atom stereocenters. The highest BCUT2D eigenvalue weighted by molar-refractivity contribution is 6.01. The Hall–Kier alpha value is -2.17. The van der Waals surface area contributed by atoms with Gasteiger partial charge in [-0.25, -0.2) is 4.79 Å². The number of hydrogen-bond acceptors (Lipinski definition) is 4. The van der Waals surface area contributed by atoms with Crippen LogP contribution in [0.3, 0.4) is 0 Å². The first-order valence-electron chi connectivity index (χ1n) is 5.79. The van der Waals surface area contributed by atoms with Gasteiger partial charge in [0.2, 0.25) is 11.8 Å². The zero-order chi connectivity index (χ0) is 12.7. The van der Waals surface area contributed by atoms with Crippen molar-refractivity contribution in [1.82, 2.24) is 5.32 Å². The molecule has 1 aromatic rings. The van der Waals surface area contributed by atoms with Crippen LogP contribution in [-0.2, 0) is 20.9 Å². The van der Waals surface area contributed by atoms with Crippen molar-refractivity contribution in [1.29, 1.82) is 0 Å². The normalized spacial score (nSPS) is 22.4. The predicted molar refractivity (Wildman–Crippen MR) is 60.7 cm³/mol. The van der Waals surface area contributed by atoms with Crippen LogP contribution in [0, 0.1) is 0 Å². The van der Waals surface area contributed by atoms with Gasteiger partial charge in [0.1, 0.15) is 6.61 Å². The van der Waals surface area contributed by atoms with Crippen LogP contribution in [-0.4, -0.2) is 17.8 Å². The molecule has 2 amide bonds. The van der Waals surface area contributed by atoms with Crippen molar-refractivity contribution in [3.05, 3.63) is 34.9 Å². The van der Waals surface area contributed by atoms with Gasteiger partial charge >= 0.3 is 5.97 Å². The Kier molecular flexibility index (Phi) is 2.40. The molecule has 5 heteroatoms. The second-order valence-electron chi connectivity index (χ2n) is 4.50. The number of fused-ring (bicyclic) bond motifs is 1. The molecule has 3 rings (SSSR count). The summed E-state index contributed by atoms with van der Waals surface area (Å²) in [5, 5.41) is 2.33. The van der Waals surface area contributed by atoms with Crippen LogP contribution in [0.1, 0.15) is 40.2 Å². The van der Waals surface area contributed by atoms with E-state index in [9.17, 15) is 14.4 Å². The summed E-state index contributed by atoms with van der Waals surface area (Å²) < 4.78 is 4.92. The minimum absolute atomic E-state index is 0.226. The highest BCUT2D eigenvalue weighted by Gasteiger charge is 2.29. The molecule has 0 radical (unpaired) electrons. The Morgan fingerprint density at radius 1 is 1.22 bits per heavy atom. The molecule has 1 aromatic carbocycles. The van der Waals surface area contributed by atoms with E-state index in [1.165, 1.54) is 0 Å². The molecule has 5 nitrogen and oxygen atoms in total. The lowest BCUT2D eigenvalue weighted by molar-refractivity contribution is -0.134. The van der Waals surface area contributed by atoms with Gasteiger partial charge in [0.15, 0.2) is 0 Å². The molecule has 18 heavy (non-hydrogen) atoms. The Balaban J connectivity index is 1.92. The fourth-order valence-corrected chi connectivity index (χ4v) is 2.38. The van der Waals surface area contributed by atoms with E-state index in [1.807, 2.05) is 6.07 Å². The number of piperidine rings is 1. The number of carbonyl (C=O) groups is 3. The third kappa shape index (κ3) is 1.68. The molecule has 1 saturated heterocycles. The molecule has 2 heterocycles. The maximum Gasteiger partial charge on any atom is 0.338 e. The number of benzene rings is 1. The van der Waals surface area contributed by atoms with E-state index in [-0.39, 0.29) is 30.3 Å². The topological polar surface area (TPSA) is 72.5 Å². The number of cyclic esters (lactones) is 1. The molecule has 1 N–H and O–H groups in total. The maximum atomic E-state index is 11.7. The third-order valence-electron chi connectivity index (χ3n) is 3.35. The summed E-state index contributed by atoms with van der Waals surface area (Å²) >= 11 is 0. The maximum absolute atomic E-state index is 11.7. The third-order valence-corrected chi connectivity index (χ3v) is 3.35. The molecule has 0 aromatic heterocycles. The first-order valence-corrected chi connectivity index (χ1v) is 5.79. The minimum atomic E-state index is -0.320. The van der Waals surface area contributed by atoms with E-state index in [0.717, 1.165) is 11.1 Å². The van der Waals surface area contributed by atoms with Crippen LogP contribution in [0.25, 0.3) is 0 Å². The minimum Gasteiger partial charge on any atom is -0.457 e. The van der Waals surface area contributed by atoms with Gasteiger partial charge in [-0.2, -0.15) is 0 Å². The fraction of sp³-hybridized carbons (Fsp3) is 0.308. The average molecular weight is 245 g/mol. The smallest absolute Gasteiger partial charge is 0.338 e. The van der Waals surface area contributed by atoms with Crippen molar-refractivity contribution in [2.75, 3.05) is 0 Å². The van der Waals surface area contributed by atoms with Gasteiger partial charge in [0, 0.05) is 12.0 Å². The lowest BCUT2D eigenvalue weighted by Gasteiger charge is -2.21. The fourth-order valence-electron chi connectivity index (χ4n) is 2.38. The molecule has 0 spiro atoms. The largest absolute Gasteiger partial charge is 0.457 e. The van der Waals surface area contributed by atoms with E-state index in [2.05, 4.69) is 5.32 Å². The molecule has 2 aliphatic heterocycles. The number of imide groups is 1. The van der Waals surface area contributed by atoms with Crippen molar-refractivity contribution in [3.63, 3.8) is 0 Å². The van der Waals surface area contributed by atoms with Crippen LogP contribution >= 0.6 is 0 Å². The Labute approximate surface area is 103 Å². The number of hydrogen-bond donors (Lipinski definition) is 1. The Bertz CT molecular complexity index is 564. The van der Waals surface area contributed by atoms with Crippen LogP contribution in [0.4, 0.5) is 0 Å². The number of carbonyl (C=O) groups excluding carboxylic acids is 3. The molecule has 1 fully saturated rings. The SMILES string of the molecule is O=C1CCC(c2ccc3c(c2)COC3=O)C(=O)N1. The summed E-state index contributed by atoms with van der Waals surface area (Å²) in [4.78, 5) is 34.1. The molecule has 1 unspecified atom stereocenters. The quantitative estimate of drug-likeness (QED) is 0.588. The Morgan fingerprint density at radius 3 is 2.83 bits per heavy atom. The van der Waals surface area contributed by atoms with Crippen molar-refractivity contribution in [2.24, 2.45) is 0 Å². The number of esters is 1. The van der Waals surface area contributed by atoms with Gasteiger partial charge in [-0.3, -0.25) is 14.9 Å². The molecular formula is C13H11NO4. The summed E-state index contributed by atoms with van der Waals surface area (Å²) in [6, 6.07) is 5.26. The summed E-state index contributed by atoms with van der Waals surface area (Å²) in [5.74, 6) is -1.13. The molecule has 0 aliphatic carbocycles. The van der Waals surface area contributed by atoms with Gasteiger partial charge in [0.25, 0.3) is 0 Å². The molecule has 0 bridgehead atoms. The lowest BCUT2D eigenvalue weighted by atomic mass is 9.89. The Morgan fingerprint density at radius 2 is 2.06 bits per heavy atom. The van der Waals surface area contributed by atoms with Crippen molar-refractivity contribution < 1.29 is 19.1 Å². The predicted octanol–water partition coefficient (Wildman–Crippen LogP) is 0.877. The summed E-state index contributed by atoms with van der Waals surface area (Å²) in [6.45, 7) is 0.259. The summed E-state index contributed by atoms with van der Waals surface area (Å²) in [5.41, 5.74) is 2.20. The molecule has 0 saturated carbocycles. The number of rotatable bonds is 1. The van der Waals surface area contributed by atoms with Gasteiger partial charge in [-0.1, -0.05) is 12.1 Å². The van der Waals surface area contributed by atoms with Gasteiger partial charge < -0.3 is 4.74 Å². The van der Waals surface area contributed by atoms with E-state index < -0.39 is 0 Å². The molecular weight excluding hydrogens is 234 g/mol. The van der Waals surface area contributed by atoms with Crippen LogP contribution in [0.2, 0.25) is 0 Å². The zero-order valence-electron chi connectivity index (χ0n) is 9.56. The highest BCUT2D eigenvalue weighted by atomic mass is 16.5. The summed E-state index contributed by atoms with van der Waals surface area (Å²) in [6.07, 6.45) is 0.862. The molecule has 2 aliphatic rings. The highest BCUT2D eigenvalue weighted by Crippen LogP contribution is 2.29. The second-order valence-corrected chi connectivity index (χ2v) is 4.50. The number of nitrogens with one attached hydrogen (secondary N) is 1. The molecule has 92 valence electrons. The zero-order valence-corrected chi connectivity index (χ0v) is 9.56. The van der Waals surface area contributed by atoms with Gasteiger partial charge in [-0.15, -0.1) is 0 Å². The van der Waals surface area contributed by atoms with E-state index in [4.69, 9.17) is 4.74 Å². The van der Waals surface area contributed by atoms with Crippen LogP contribution < -0.4 is 5.32 Å². The second kappa shape index (κ2) is 3.94. The van der Waals surface area contributed by atoms with Crippen LogP contribution in [0.5, 0.6) is 0 Å². The first-order chi connectivity index (χ1) is 8.65. The average Bonchev–Trinajstić information content (AvgIpc) is 2.71. The number of amides is 2. The van der Waals surface area contributed by atoms with Gasteiger partial charge in [0.05, 0.1) is 11.5 Å². The van der Waals surface area contributed by atoms with Crippen molar-refractivity contribution in [2.45, 2.75) is 25.4 Å². The standard InChI is InChI=1S/C13H11NO4/c15-11-4-3-9(12(16)14-11)7-1-2-10-8(5-7)6-18-13(10)17/h1-2,5,9H,3-4,6H2,(H,14,15,16). The van der Waals surface area contributed by atoms with E-state index >= 15 is 0 Å². The van der Waals surface area contributed by atoms with E-state index in [1.54, 1.807) is 12.1 Å². The first kappa shape index (κ1) is 11.0. The van der Waals surface area contributed by atoms with Crippen molar-refractivity contribution >= 4 is 17.8 Å². The monoisotopic (exact) mass is 245 g/mol. The van der Waals surface area contributed by atoms with E-state index in [0.29, 0.717) is 18.4 Å². The van der Waals surface area contributed by atoms with Crippen LogP contribution in [0.15, 0.2) is 18.2 Å². The summed E-state index contributed by atoms with van der Waals surface area (Å²) in [7, 11) is 0. The lowest BCUT2D eigenvalue weighted by Crippen LogP contribution is -2.39. The van der Waals surface area contributed by atoms with Crippen molar-refractivity contribution in [3.8, 4) is 0 Å².